The lowest BCUT2D eigenvalue weighted by Crippen LogP contribution is -2.20. The van der Waals surface area contributed by atoms with E-state index in [2.05, 4.69) is 25.0 Å². The fourth-order valence-corrected chi connectivity index (χ4v) is 1.87. The Morgan fingerprint density at radius 1 is 1.12 bits per heavy atom. The van der Waals surface area contributed by atoms with Crippen LogP contribution in [0, 0.1) is 5.92 Å². The summed E-state index contributed by atoms with van der Waals surface area (Å²) in [5, 5.41) is 0. The molecule has 0 radical (unpaired) electrons. The molecule has 0 atom stereocenters. The molecule has 0 spiro atoms. The van der Waals surface area contributed by atoms with Crippen molar-refractivity contribution in [3.8, 4) is 0 Å². The first-order chi connectivity index (χ1) is 6.81. The number of rotatable bonds is 2. The molecule has 16 heavy (non-hydrogen) atoms. The van der Waals surface area contributed by atoms with Crippen LogP contribution >= 0.6 is 24.0 Å². The Kier molecular flexibility index (Phi) is 11.4. The lowest BCUT2D eigenvalue weighted by atomic mass is 9.98. The molecule has 4 nitrogen and oxygen atoms in total. The van der Waals surface area contributed by atoms with Gasteiger partial charge in [-0.3, -0.25) is 4.55 Å². The van der Waals surface area contributed by atoms with E-state index in [1.165, 1.54) is 0 Å². The van der Waals surface area contributed by atoms with E-state index in [9.17, 15) is 8.42 Å². The normalized spacial score (nSPS) is 17.3. The van der Waals surface area contributed by atoms with E-state index in [1.807, 2.05) is 0 Å². The molecule has 0 aromatic rings. The van der Waals surface area contributed by atoms with E-state index in [4.69, 9.17) is 4.55 Å². The van der Waals surface area contributed by atoms with Crippen LogP contribution in [0.1, 0.15) is 52.9 Å². The van der Waals surface area contributed by atoms with Crippen molar-refractivity contribution >= 4 is 34.4 Å². The Labute approximate surface area is 116 Å². The predicted molar refractivity (Wildman–Crippen MR) is 75.4 cm³/mol. The van der Waals surface area contributed by atoms with E-state index in [-0.39, 0.29) is 30.1 Å². The molecule has 0 saturated heterocycles. The summed E-state index contributed by atoms with van der Waals surface area (Å²) in [6.45, 7) is 6.50. The molecule has 1 aliphatic rings. The highest BCUT2D eigenvalue weighted by Gasteiger charge is 2.19. The molecule has 100 valence electrons. The third-order valence-electron chi connectivity index (χ3n) is 1.81. The summed E-state index contributed by atoms with van der Waals surface area (Å²) in [6.07, 6.45) is 4.28. The van der Waals surface area contributed by atoms with Gasteiger partial charge in [-0.15, -0.1) is 24.0 Å². The lowest BCUT2D eigenvalue weighted by Gasteiger charge is -2.19. The summed E-state index contributed by atoms with van der Waals surface area (Å²) in [5.41, 5.74) is 0. The van der Waals surface area contributed by atoms with E-state index < -0.39 is 10.4 Å². The highest BCUT2D eigenvalue weighted by molar-refractivity contribution is 14.0. The van der Waals surface area contributed by atoms with Crippen LogP contribution in [0.2, 0.25) is 0 Å². The first kappa shape index (κ1) is 19.0. The molecule has 1 N–H and O–H groups in total. The van der Waals surface area contributed by atoms with Crippen LogP contribution in [-0.2, 0) is 14.6 Å². The quantitative estimate of drug-likeness (QED) is 0.601. The van der Waals surface area contributed by atoms with Gasteiger partial charge in [-0.1, -0.05) is 40.0 Å². The number of hydrogen-bond acceptors (Lipinski definition) is 3. The van der Waals surface area contributed by atoms with Crippen LogP contribution in [0.3, 0.4) is 0 Å². The van der Waals surface area contributed by atoms with Crippen molar-refractivity contribution in [3.63, 3.8) is 0 Å². The van der Waals surface area contributed by atoms with Crippen LogP contribution in [-0.4, -0.2) is 19.1 Å². The Morgan fingerprint density at radius 2 is 1.50 bits per heavy atom. The Bertz CT molecular complexity index is 243. The molecule has 0 bridgehead atoms. The second-order valence-corrected chi connectivity index (χ2v) is 5.56. The fraction of sp³-hybridized carbons (Fsp3) is 1.00. The smallest absolute Gasteiger partial charge is 0.264 e. The topological polar surface area (TPSA) is 63.6 Å². The molecule has 1 saturated carbocycles. The summed E-state index contributed by atoms with van der Waals surface area (Å²) in [7, 11) is -4.22. The zero-order valence-corrected chi connectivity index (χ0v) is 13.3. The van der Waals surface area contributed by atoms with Gasteiger partial charge < -0.3 is 0 Å². The Hall–Kier alpha value is 0.600. The molecule has 0 amide bonds. The average molecular weight is 366 g/mol. The maximum Gasteiger partial charge on any atom is 0.397 e. The van der Waals surface area contributed by atoms with Crippen molar-refractivity contribution in [2.75, 3.05) is 0 Å². The van der Waals surface area contributed by atoms with Gasteiger partial charge in [0, 0.05) is 0 Å². The van der Waals surface area contributed by atoms with E-state index in [1.54, 1.807) is 0 Å². The zero-order chi connectivity index (χ0) is 11.9. The molecule has 1 fully saturated rings. The minimum Gasteiger partial charge on any atom is -0.264 e. The van der Waals surface area contributed by atoms with Crippen LogP contribution in [0.15, 0.2) is 0 Å². The average Bonchev–Trinajstić information content (AvgIpc) is 2.01. The van der Waals surface area contributed by atoms with Crippen LogP contribution in [0.25, 0.3) is 0 Å². The van der Waals surface area contributed by atoms with Gasteiger partial charge in [0.25, 0.3) is 0 Å². The molecule has 0 aliphatic heterocycles. The maximum atomic E-state index is 10.2. The van der Waals surface area contributed by atoms with Crippen molar-refractivity contribution in [3.05, 3.63) is 0 Å². The summed E-state index contributed by atoms with van der Waals surface area (Å²) >= 11 is 0. The second kappa shape index (κ2) is 9.61. The summed E-state index contributed by atoms with van der Waals surface area (Å²) in [4.78, 5) is 0. The highest BCUT2D eigenvalue weighted by atomic mass is 127. The first-order valence-electron chi connectivity index (χ1n) is 5.47. The highest BCUT2D eigenvalue weighted by Crippen LogP contribution is 2.21. The predicted octanol–water partition coefficient (Wildman–Crippen LogP) is 3.42. The Balaban J connectivity index is 0. The SMILES string of the molecule is CC(C)C.I.O=S(=O)(O)OC1CCCCC1. The third kappa shape index (κ3) is 14.6. The van der Waals surface area contributed by atoms with Crippen molar-refractivity contribution in [1.82, 2.24) is 0 Å². The van der Waals surface area contributed by atoms with Gasteiger partial charge in [-0.05, 0) is 18.8 Å². The first-order valence-corrected chi connectivity index (χ1v) is 6.83. The molecule has 6 heteroatoms. The van der Waals surface area contributed by atoms with Crippen molar-refractivity contribution in [1.29, 1.82) is 0 Å². The third-order valence-corrected chi connectivity index (χ3v) is 2.33. The molecule has 0 heterocycles. The lowest BCUT2D eigenvalue weighted by molar-refractivity contribution is 0.142. The van der Waals surface area contributed by atoms with Crippen molar-refractivity contribution < 1.29 is 17.2 Å². The minimum atomic E-state index is -4.22. The molecular formula is C10H23IO4S. The molecule has 1 aliphatic carbocycles. The van der Waals surface area contributed by atoms with Gasteiger partial charge in [0.05, 0.1) is 6.10 Å². The van der Waals surface area contributed by atoms with Crippen molar-refractivity contribution in [2.24, 2.45) is 5.92 Å². The monoisotopic (exact) mass is 366 g/mol. The van der Waals surface area contributed by atoms with Crippen LogP contribution in [0.5, 0.6) is 0 Å². The van der Waals surface area contributed by atoms with Crippen molar-refractivity contribution in [2.45, 2.75) is 59.0 Å². The molecule has 0 unspecified atom stereocenters. The number of halogens is 1. The van der Waals surface area contributed by atoms with Crippen LogP contribution in [0.4, 0.5) is 0 Å². The standard InChI is InChI=1S/C6H12O4S.C4H10.HI/c7-11(8,9)10-6-4-2-1-3-5-6;1-4(2)3;/h6H,1-5H2,(H,7,8,9);4H,1-3H3;1H. The van der Waals surface area contributed by atoms with Gasteiger partial charge in [0.15, 0.2) is 0 Å². The van der Waals surface area contributed by atoms with E-state index >= 15 is 0 Å². The molecule has 0 aromatic heterocycles. The Morgan fingerprint density at radius 3 is 1.81 bits per heavy atom. The second-order valence-electron chi connectivity index (χ2n) is 4.52. The van der Waals surface area contributed by atoms with Gasteiger partial charge >= 0.3 is 10.4 Å². The summed E-state index contributed by atoms with van der Waals surface area (Å²) in [5.74, 6) is 0.833. The van der Waals surface area contributed by atoms with E-state index in [0.717, 1.165) is 38.0 Å². The molecule has 1 rings (SSSR count). The van der Waals surface area contributed by atoms with Crippen LogP contribution < -0.4 is 0 Å². The summed E-state index contributed by atoms with van der Waals surface area (Å²) in [6, 6.07) is 0. The van der Waals surface area contributed by atoms with Gasteiger partial charge in [0.1, 0.15) is 0 Å². The number of hydrogen-bond donors (Lipinski definition) is 1. The maximum absolute atomic E-state index is 10.2. The van der Waals surface area contributed by atoms with Gasteiger partial charge in [0.2, 0.25) is 0 Å². The fourth-order valence-electron chi connectivity index (χ4n) is 1.33. The molecular weight excluding hydrogens is 343 g/mol. The summed E-state index contributed by atoms with van der Waals surface area (Å²) < 4.78 is 33.2. The van der Waals surface area contributed by atoms with Gasteiger partial charge in [-0.25, -0.2) is 4.18 Å². The minimum absolute atomic E-state index is 0. The molecule has 0 aromatic carbocycles. The van der Waals surface area contributed by atoms with Gasteiger partial charge in [-0.2, -0.15) is 8.42 Å². The largest absolute Gasteiger partial charge is 0.397 e. The zero-order valence-electron chi connectivity index (χ0n) is 10.2. The van der Waals surface area contributed by atoms with E-state index in [0.29, 0.717) is 0 Å².